The minimum absolute atomic E-state index is 1.04. The van der Waals surface area contributed by atoms with Gasteiger partial charge in [-0.2, -0.15) is 0 Å². The third-order valence-corrected chi connectivity index (χ3v) is 4.50. The molecule has 10 heavy (non-hydrogen) atoms. The van der Waals surface area contributed by atoms with Crippen molar-refractivity contribution in [3.05, 3.63) is 11.2 Å². The van der Waals surface area contributed by atoms with Gasteiger partial charge in [0.25, 0.3) is 0 Å². The molecule has 0 aliphatic heterocycles. The van der Waals surface area contributed by atoms with Gasteiger partial charge in [0, 0.05) is 0 Å². The lowest BCUT2D eigenvalue weighted by Crippen LogP contribution is -2.14. The molecule has 0 saturated carbocycles. The lowest BCUT2D eigenvalue weighted by molar-refractivity contribution is 0.324. The van der Waals surface area contributed by atoms with Crippen LogP contribution in [0, 0.1) is 0 Å². The van der Waals surface area contributed by atoms with Crippen molar-refractivity contribution in [2.45, 2.75) is 26.6 Å². The highest BCUT2D eigenvalue weighted by molar-refractivity contribution is 8.31. The van der Waals surface area contributed by atoms with Crippen LogP contribution in [0.2, 0.25) is 19.6 Å². The first kappa shape index (κ1) is 10.1. The zero-order valence-corrected chi connectivity index (χ0v) is 9.21. The molecule has 3 heteroatoms. The number of ether oxygens (including phenoxy) is 1. The molecule has 0 aromatic carbocycles. The maximum absolute atomic E-state index is 5.13. The Bertz CT molecular complexity index is 126. The fraction of sp³-hybridized carbons (Fsp3) is 0.714. The highest BCUT2D eigenvalue weighted by atomic mass is 32.4. The van der Waals surface area contributed by atoms with Crippen LogP contribution in [-0.4, -0.2) is 14.3 Å². The topological polar surface area (TPSA) is 9.23 Å². The summed E-state index contributed by atoms with van der Waals surface area (Å²) in [5.74, 6) is 0. The van der Waals surface area contributed by atoms with Crippen LogP contribution in [0.15, 0.2) is 11.2 Å². The molecule has 0 amide bonds. The largest absolute Gasteiger partial charge is 0.491 e. The van der Waals surface area contributed by atoms with Crippen molar-refractivity contribution in [3.63, 3.8) is 0 Å². The van der Waals surface area contributed by atoms with Crippen LogP contribution in [0.1, 0.15) is 6.92 Å². The summed E-state index contributed by atoms with van der Waals surface area (Å²) in [6, 6.07) is 0. The number of rotatable bonds is 3. The van der Waals surface area contributed by atoms with Gasteiger partial charge in [0.1, 0.15) is 12.3 Å². The molecule has 0 aromatic rings. The lowest BCUT2D eigenvalue weighted by Gasteiger charge is -2.15. The van der Waals surface area contributed by atoms with Crippen molar-refractivity contribution in [1.82, 2.24) is 0 Å². The van der Waals surface area contributed by atoms with E-state index in [1.54, 1.807) is 7.11 Å². The van der Waals surface area contributed by atoms with Gasteiger partial charge in [-0.05, 0) is 13.0 Å². The molecule has 0 N–H and O–H groups in total. The van der Waals surface area contributed by atoms with E-state index in [4.69, 9.17) is 4.74 Å². The Labute approximate surface area is 68.5 Å². The van der Waals surface area contributed by atoms with E-state index >= 15 is 0 Å². The molecule has 0 aromatic heterocycles. The predicted octanol–water partition coefficient (Wildman–Crippen LogP) is 3.06. The Morgan fingerprint density at radius 2 is 1.90 bits per heavy atom. The Morgan fingerprint density at radius 1 is 1.40 bits per heavy atom. The highest BCUT2D eigenvalue weighted by Crippen LogP contribution is 2.27. The third-order valence-electron chi connectivity index (χ3n) is 0.844. The van der Waals surface area contributed by atoms with E-state index in [0.29, 0.717) is 0 Å². The first-order valence-corrected chi connectivity index (χ1v) is 8.43. The molecule has 0 radical (unpaired) electrons. The third kappa shape index (κ3) is 4.94. The molecule has 0 aliphatic rings. The van der Waals surface area contributed by atoms with Crippen LogP contribution >= 0.6 is 11.2 Å². The molecule has 0 aliphatic carbocycles. The maximum Gasteiger partial charge on any atom is 0.142 e. The normalized spacial score (nSPS) is 13.5. The van der Waals surface area contributed by atoms with Crippen LogP contribution in [0.5, 0.6) is 0 Å². The van der Waals surface area contributed by atoms with E-state index < -0.39 is 7.22 Å². The summed E-state index contributed by atoms with van der Waals surface area (Å²) in [7, 11) is 0.686. The molecule has 0 heterocycles. The molecule has 1 nitrogen and oxygen atoms in total. The number of allylic oxidation sites excluding steroid dienone is 1. The van der Waals surface area contributed by atoms with E-state index in [9.17, 15) is 0 Å². The van der Waals surface area contributed by atoms with Gasteiger partial charge in [-0.3, -0.25) is 0 Å². The summed E-state index contributed by atoms with van der Waals surface area (Å²) < 4.78 is 5.13. The Morgan fingerprint density at radius 3 is 2.00 bits per heavy atom. The molecule has 0 saturated heterocycles. The highest BCUT2D eigenvalue weighted by Gasteiger charge is 2.16. The Balaban J connectivity index is 3.88. The number of methoxy groups -OCH3 is 1. The van der Waals surface area contributed by atoms with Gasteiger partial charge in [0.05, 0.1) is 7.11 Å². The second-order valence-corrected chi connectivity index (χ2v) is 12.1. The predicted molar refractivity (Wildman–Crippen MR) is 51.7 cm³/mol. The number of hydrogen-bond acceptors (Lipinski definition) is 2. The Hall–Kier alpha value is 0.107. The van der Waals surface area contributed by atoms with Crippen LogP contribution < -0.4 is 0 Å². The maximum atomic E-state index is 5.13. The first-order chi connectivity index (χ1) is 4.49. The standard InChI is InChI=1S/C7H16OSSi/c1-6-7(8-2)9-10(3,4)5/h6H,1-5H3/b7-6-. The van der Waals surface area contributed by atoms with Crippen molar-refractivity contribution in [3.8, 4) is 0 Å². The van der Waals surface area contributed by atoms with Crippen molar-refractivity contribution in [2.24, 2.45) is 0 Å². The summed E-state index contributed by atoms with van der Waals surface area (Å²) in [6.45, 7) is 8.92. The Kier molecular flexibility index (Phi) is 4.13. The van der Waals surface area contributed by atoms with E-state index in [1.165, 1.54) is 0 Å². The monoisotopic (exact) mass is 176 g/mol. The second-order valence-electron chi connectivity index (χ2n) is 3.03. The fourth-order valence-electron chi connectivity index (χ4n) is 0.520. The van der Waals surface area contributed by atoms with Crippen molar-refractivity contribution < 1.29 is 4.74 Å². The minimum Gasteiger partial charge on any atom is -0.491 e. The quantitative estimate of drug-likeness (QED) is 0.483. The molecular weight excluding hydrogens is 160 g/mol. The second kappa shape index (κ2) is 4.08. The average Bonchev–Trinajstić information content (AvgIpc) is 1.81. The van der Waals surface area contributed by atoms with Gasteiger partial charge in [-0.25, -0.2) is 0 Å². The fourth-order valence-corrected chi connectivity index (χ4v) is 3.74. The zero-order valence-electron chi connectivity index (χ0n) is 7.39. The first-order valence-electron chi connectivity index (χ1n) is 3.39. The zero-order chi connectivity index (χ0) is 8.20. The molecule has 60 valence electrons. The molecule has 0 bridgehead atoms. The molecule has 0 atom stereocenters. The van der Waals surface area contributed by atoms with Gasteiger partial charge in [-0.15, -0.1) is 11.2 Å². The molecule has 0 spiro atoms. The summed E-state index contributed by atoms with van der Waals surface area (Å²) in [4.78, 5) is 0. The van der Waals surface area contributed by atoms with Crippen LogP contribution in [0.25, 0.3) is 0 Å². The van der Waals surface area contributed by atoms with Gasteiger partial charge in [0.2, 0.25) is 0 Å². The van der Waals surface area contributed by atoms with E-state index in [0.717, 1.165) is 5.09 Å². The van der Waals surface area contributed by atoms with E-state index in [2.05, 4.69) is 19.6 Å². The summed E-state index contributed by atoms with van der Waals surface area (Å²) in [5, 5.41) is 1.05. The van der Waals surface area contributed by atoms with Gasteiger partial charge < -0.3 is 4.74 Å². The number of hydrogen-bond donors (Lipinski definition) is 0. The van der Waals surface area contributed by atoms with Gasteiger partial charge >= 0.3 is 0 Å². The van der Waals surface area contributed by atoms with Crippen LogP contribution in [0.4, 0.5) is 0 Å². The smallest absolute Gasteiger partial charge is 0.142 e. The SMILES string of the molecule is C/C=C(/OC)S[Si](C)(C)C. The van der Waals surface area contributed by atoms with E-state index in [1.807, 2.05) is 24.2 Å². The summed E-state index contributed by atoms with van der Waals surface area (Å²) in [6.07, 6.45) is 2.02. The van der Waals surface area contributed by atoms with Gasteiger partial charge in [0.15, 0.2) is 0 Å². The van der Waals surface area contributed by atoms with E-state index in [-0.39, 0.29) is 0 Å². The van der Waals surface area contributed by atoms with Crippen LogP contribution in [-0.2, 0) is 4.74 Å². The summed E-state index contributed by atoms with van der Waals surface area (Å²) in [5.41, 5.74) is 0. The van der Waals surface area contributed by atoms with Gasteiger partial charge in [-0.1, -0.05) is 19.6 Å². The van der Waals surface area contributed by atoms with Crippen molar-refractivity contribution in [2.75, 3.05) is 7.11 Å². The average molecular weight is 176 g/mol. The molecule has 0 fully saturated rings. The van der Waals surface area contributed by atoms with Crippen molar-refractivity contribution in [1.29, 1.82) is 0 Å². The van der Waals surface area contributed by atoms with Crippen LogP contribution in [0.3, 0.4) is 0 Å². The minimum atomic E-state index is -1.04. The lowest BCUT2D eigenvalue weighted by atomic mass is 10.7. The summed E-state index contributed by atoms with van der Waals surface area (Å²) >= 11 is 1.88. The molecule has 0 rings (SSSR count). The molecule has 0 unspecified atom stereocenters. The molecular formula is C7H16OSSi. The van der Waals surface area contributed by atoms with Crippen molar-refractivity contribution >= 4 is 18.4 Å².